The summed E-state index contributed by atoms with van der Waals surface area (Å²) in [6.07, 6.45) is -5.70. The van der Waals surface area contributed by atoms with E-state index in [1.807, 2.05) is 0 Å². The van der Waals surface area contributed by atoms with Gasteiger partial charge in [-0.05, 0) is 19.1 Å². The standard InChI is InChI=1S/C12H13F3N2O3/c1-7(11(19)17-6-12(13,14)15)20-9-5-3-2-4-8(9)10(16)18/h2-5,7H,6H2,1H3,(H2,16,18)(H,17,19)/t7-/m0/s1. The lowest BCUT2D eigenvalue weighted by molar-refractivity contribution is -0.142. The van der Waals surface area contributed by atoms with Crippen LogP contribution in [0.25, 0.3) is 0 Å². The zero-order chi connectivity index (χ0) is 15.3. The van der Waals surface area contributed by atoms with Crippen molar-refractivity contribution in [2.75, 3.05) is 6.54 Å². The number of rotatable bonds is 5. The Morgan fingerprint density at radius 2 is 1.95 bits per heavy atom. The number of alkyl halides is 3. The summed E-state index contributed by atoms with van der Waals surface area (Å²) >= 11 is 0. The van der Waals surface area contributed by atoms with E-state index in [0.29, 0.717) is 0 Å². The fourth-order valence-corrected chi connectivity index (χ4v) is 1.35. The third-order valence-electron chi connectivity index (χ3n) is 2.29. The first kappa shape index (κ1) is 15.8. The maximum atomic E-state index is 12.0. The van der Waals surface area contributed by atoms with E-state index in [4.69, 9.17) is 10.5 Å². The summed E-state index contributed by atoms with van der Waals surface area (Å²) in [5, 5.41) is 1.69. The van der Waals surface area contributed by atoms with E-state index in [9.17, 15) is 22.8 Å². The van der Waals surface area contributed by atoms with Gasteiger partial charge in [-0.15, -0.1) is 0 Å². The molecule has 0 fully saturated rings. The predicted octanol–water partition coefficient (Wildman–Crippen LogP) is 1.23. The largest absolute Gasteiger partial charge is 0.480 e. The molecule has 110 valence electrons. The minimum absolute atomic E-state index is 0.0367. The number of nitrogens with two attached hydrogens (primary N) is 1. The molecule has 20 heavy (non-hydrogen) atoms. The Hall–Kier alpha value is -2.25. The number of primary amides is 1. The fourth-order valence-electron chi connectivity index (χ4n) is 1.35. The van der Waals surface area contributed by atoms with Crippen molar-refractivity contribution < 1.29 is 27.5 Å². The van der Waals surface area contributed by atoms with Crippen LogP contribution in [-0.2, 0) is 4.79 Å². The molecule has 0 bridgehead atoms. The molecule has 0 aliphatic carbocycles. The molecule has 0 spiro atoms. The topological polar surface area (TPSA) is 81.4 Å². The maximum absolute atomic E-state index is 12.0. The molecule has 2 amide bonds. The van der Waals surface area contributed by atoms with Crippen LogP contribution in [0.2, 0.25) is 0 Å². The molecular formula is C12H13F3N2O3. The first-order valence-electron chi connectivity index (χ1n) is 5.60. The first-order chi connectivity index (χ1) is 9.20. The lowest BCUT2D eigenvalue weighted by Gasteiger charge is -2.16. The Balaban J connectivity index is 2.69. The van der Waals surface area contributed by atoms with Crippen LogP contribution in [0.15, 0.2) is 24.3 Å². The van der Waals surface area contributed by atoms with E-state index in [-0.39, 0.29) is 11.3 Å². The molecule has 1 aromatic rings. The summed E-state index contributed by atoms with van der Waals surface area (Å²) in [6, 6.07) is 5.87. The molecule has 1 atom stereocenters. The van der Waals surface area contributed by atoms with E-state index < -0.39 is 30.6 Å². The van der Waals surface area contributed by atoms with E-state index in [1.54, 1.807) is 17.4 Å². The van der Waals surface area contributed by atoms with E-state index in [0.717, 1.165) is 0 Å². The summed E-state index contributed by atoms with van der Waals surface area (Å²) in [6.45, 7) is -0.180. The Bertz CT molecular complexity index is 503. The van der Waals surface area contributed by atoms with E-state index in [1.165, 1.54) is 19.1 Å². The number of carbonyl (C=O) groups excluding carboxylic acids is 2. The number of amides is 2. The van der Waals surface area contributed by atoms with Gasteiger partial charge in [-0.25, -0.2) is 0 Å². The highest BCUT2D eigenvalue weighted by molar-refractivity contribution is 5.95. The number of nitrogens with one attached hydrogen (secondary N) is 1. The molecule has 0 radical (unpaired) electrons. The Morgan fingerprint density at radius 1 is 1.35 bits per heavy atom. The second kappa shape index (κ2) is 6.27. The number of hydrogen-bond acceptors (Lipinski definition) is 3. The lowest BCUT2D eigenvalue weighted by Crippen LogP contribution is -2.41. The van der Waals surface area contributed by atoms with Crippen molar-refractivity contribution in [1.82, 2.24) is 5.32 Å². The van der Waals surface area contributed by atoms with Crippen molar-refractivity contribution in [3.63, 3.8) is 0 Å². The van der Waals surface area contributed by atoms with Gasteiger partial charge >= 0.3 is 6.18 Å². The quantitative estimate of drug-likeness (QED) is 0.855. The molecule has 0 saturated heterocycles. The number of benzene rings is 1. The highest BCUT2D eigenvalue weighted by Gasteiger charge is 2.29. The summed E-state index contributed by atoms with van der Waals surface area (Å²) in [5.41, 5.74) is 5.16. The number of carbonyl (C=O) groups is 2. The molecule has 0 saturated carbocycles. The lowest BCUT2D eigenvalue weighted by atomic mass is 10.2. The summed E-state index contributed by atoms with van der Waals surface area (Å²) in [7, 11) is 0. The maximum Gasteiger partial charge on any atom is 0.405 e. The molecule has 1 rings (SSSR count). The van der Waals surface area contributed by atoms with Gasteiger partial charge in [-0.2, -0.15) is 13.2 Å². The number of halogens is 3. The second-order valence-electron chi connectivity index (χ2n) is 3.95. The van der Waals surface area contributed by atoms with Crippen molar-refractivity contribution in [3.8, 4) is 5.75 Å². The van der Waals surface area contributed by atoms with Crippen LogP contribution in [0.3, 0.4) is 0 Å². The zero-order valence-corrected chi connectivity index (χ0v) is 10.5. The smallest absolute Gasteiger partial charge is 0.405 e. The average Bonchev–Trinajstić information content (AvgIpc) is 2.35. The van der Waals surface area contributed by atoms with Gasteiger partial charge in [0.15, 0.2) is 6.10 Å². The number of hydrogen-bond donors (Lipinski definition) is 2. The van der Waals surface area contributed by atoms with Crippen LogP contribution in [-0.4, -0.2) is 30.6 Å². The Morgan fingerprint density at radius 3 is 2.50 bits per heavy atom. The molecule has 0 aliphatic heterocycles. The third-order valence-corrected chi connectivity index (χ3v) is 2.29. The third kappa shape index (κ3) is 4.79. The van der Waals surface area contributed by atoms with Gasteiger partial charge in [0.05, 0.1) is 5.56 Å². The number of para-hydroxylation sites is 1. The van der Waals surface area contributed by atoms with Gasteiger partial charge in [0.25, 0.3) is 11.8 Å². The van der Waals surface area contributed by atoms with Crippen LogP contribution < -0.4 is 15.8 Å². The van der Waals surface area contributed by atoms with Crippen molar-refractivity contribution in [2.45, 2.75) is 19.2 Å². The predicted molar refractivity (Wildman–Crippen MR) is 64.1 cm³/mol. The minimum atomic E-state index is -4.50. The Labute approximate surface area is 112 Å². The Kier molecular flexibility index (Phi) is 4.95. The monoisotopic (exact) mass is 290 g/mol. The zero-order valence-electron chi connectivity index (χ0n) is 10.5. The fraction of sp³-hybridized carbons (Fsp3) is 0.333. The van der Waals surface area contributed by atoms with Crippen molar-refractivity contribution >= 4 is 11.8 Å². The molecule has 0 aliphatic rings. The summed E-state index contributed by atoms with van der Waals surface area (Å²) < 4.78 is 41.0. The van der Waals surface area contributed by atoms with Crippen molar-refractivity contribution in [2.24, 2.45) is 5.73 Å². The van der Waals surface area contributed by atoms with E-state index in [2.05, 4.69) is 0 Å². The van der Waals surface area contributed by atoms with Gasteiger partial charge in [-0.3, -0.25) is 9.59 Å². The minimum Gasteiger partial charge on any atom is -0.480 e. The van der Waals surface area contributed by atoms with Crippen LogP contribution in [0.5, 0.6) is 5.75 Å². The summed E-state index contributed by atoms with van der Waals surface area (Å²) in [5.74, 6) is -1.67. The van der Waals surface area contributed by atoms with Crippen LogP contribution in [0.4, 0.5) is 13.2 Å². The molecule has 0 unspecified atom stereocenters. The van der Waals surface area contributed by atoms with Gasteiger partial charge in [0.2, 0.25) is 0 Å². The molecule has 3 N–H and O–H groups in total. The van der Waals surface area contributed by atoms with Crippen LogP contribution in [0.1, 0.15) is 17.3 Å². The van der Waals surface area contributed by atoms with Crippen LogP contribution >= 0.6 is 0 Å². The molecule has 5 nitrogen and oxygen atoms in total. The first-order valence-corrected chi connectivity index (χ1v) is 5.60. The molecular weight excluding hydrogens is 277 g/mol. The molecule has 0 aromatic heterocycles. The number of ether oxygens (including phenoxy) is 1. The van der Waals surface area contributed by atoms with E-state index >= 15 is 0 Å². The normalized spacial score (nSPS) is 12.6. The van der Waals surface area contributed by atoms with Gasteiger partial charge in [-0.1, -0.05) is 12.1 Å². The highest BCUT2D eigenvalue weighted by Crippen LogP contribution is 2.19. The molecule has 0 heterocycles. The van der Waals surface area contributed by atoms with Gasteiger partial charge in [0, 0.05) is 0 Å². The van der Waals surface area contributed by atoms with Crippen molar-refractivity contribution in [3.05, 3.63) is 29.8 Å². The molecule has 1 aromatic carbocycles. The molecule has 8 heteroatoms. The highest BCUT2D eigenvalue weighted by atomic mass is 19.4. The van der Waals surface area contributed by atoms with Gasteiger partial charge < -0.3 is 15.8 Å². The SMILES string of the molecule is C[C@H](Oc1ccccc1C(N)=O)C(=O)NCC(F)(F)F. The van der Waals surface area contributed by atoms with Gasteiger partial charge in [0.1, 0.15) is 12.3 Å². The van der Waals surface area contributed by atoms with Crippen molar-refractivity contribution in [1.29, 1.82) is 0 Å². The second-order valence-corrected chi connectivity index (χ2v) is 3.95. The summed E-state index contributed by atoms with van der Waals surface area (Å²) in [4.78, 5) is 22.5. The average molecular weight is 290 g/mol. The van der Waals surface area contributed by atoms with Crippen LogP contribution in [0, 0.1) is 0 Å².